The van der Waals surface area contributed by atoms with Crippen molar-refractivity contribution in [3.63, 3.8) is 0 Å². The normalized spacial score (nSPS) is 11.2. The number of carbonyl (C=O) groups excluding carboxylic acids is 1. The van der Waals surface area contributed by atoms with E-state index in [0.29, 0.717) is 17.4 Å². The van der Waals surface area contributed by atoms with Crippen molar-refractivity contribution in [3.05, 3.63) is 78.4 Å². The summed E-state index contributed by atoms with van der Waals surface area (Å²) in [4.78, 5) is 11.0. The number of rotatable bonds is 5. The molecule has 1 aromatic rings. The van der Waals surface area contributed by atoms with E-state index in [9.17, 15) is 4.79 Å². The number of carbonyl (C=O) groups is 1. The Hall–Kier alpha value is -2.37. The molecule has 102 valence electrons. The molecular weight excluding hydrogens is 270 g/mol. The number of aldehydes is 1. The van der Waals surface area contributed by atoms with Crippen molar-refractivity contribution in [2.75, 3.05) is 6.38 Å². The van der Waals surface area contributed by atoms with E-state index in [1.807, 2.05) is 36.4 Å². The van der Waals surface area contributed by atoms with Gasteiger partial charge in [0.15, 0.2) is 6.29 Å². The third-order valence-corrected chi connectivity index (χ3v) is 2.38. The fraction of sp³-hybridized carbons (Fsp3) is 0.0588. The van der Waals surface area contributed by atoms with Crippen molar-refractivity contribution >= 4 is 23.5 Å². The molecule has 0 fully saturated rings. The Balaban J connectivity index is 0.00000172. The molecule has 0 aliphatic carbocycles. The van der Waals surface area contributed by atoms with E-state index >= 15 is 0 Å². The zero-order chi connectivity index (χ0) is 15.4. The number of benzene rings is 1. The van der Waals surface area contributed by atoms with Crippen molar-refractivity contribution in [2.45, 2.75) is 0 Å². The quantitative estimate of drug-likeness (QED) is 0.266. The smallest absolute Gasteiger partial charge is 0.161 e. The fourth-order valence-electron chi connectivity index (χ4n) is 1.60. The van der Waals surface area contributed by atoms with Gasteiger partial charge in [-0.2, -0.15) is 5.26 Å². The fourth-order valence-corrected chi connectivity index (χ4v) is 1.60. The number of nitriles is 1. The van der Waals surface area contributed by atoms with Crippen LogP contribution in [0.4, 0.5) is 0 Å². The summed E-state index contributed by atoms with van der Waals surface area (Å²) in [5, 5.41) is 9.04. The van der Waals surface area contributed by atoms with E-state index < -0.39 is 0 Å². The number of alkyl halides is 1. The van der Waals surface area contributed by atoms with Crippen molar-refractivity contribution in [1.29, 1.82) is 5.26 Å². The van der Waals surface area contributed by atoms with Gasteiger partial charge in [-0.15, -0.1) is 11.6 Å². The van der Waals surface area contributed by atoms with Gasteiger partial charge in [0.2, 0.25) is 0 Å². The van der Waals surface area contributed by atoms with E-state index in [2.05, 4.69) is 24.8 Å². The minimum atomic E-state index is 0.0780. The van der Waals surface area contributed by atoms with Gasteiger partial charge in [0.1, 0.15) is 11.6 Å². The van der Waals surface area contributed by atoms with E-state index in [4.69, 9.17) is 5.26 Å². The van der Waals surface area contributed by atoms with Gasteiger partial charge in [0, 0.05) is 12.0 Å². The zero-order valence-corrected chi connectivity index (χ0v) is 12.1. The summed E-state index contributed by atoms with van der Waals surface area (Å²) < 4.78 is 0. The Labute approximate surface area is 125 Å². The minimum absolute atomic E-state index is 0.0780. The zero-order valence-electron chi connectivity index (χ0n) is 11.3. The number of nitrogens with zero attached hydrogens (tertiary/aromatic N) is 1. The highest BCUT2D eigenvalue weighted by molar-refractivity contribution is 6.15. The molecule has 20 heavy (non-hydrogen) atoms. The van der Waals surface area contributed by atoms with Gasteiger partial charge in [-0.05, 0) is 11.1 Å². The first kappa shape index (κ1) is 17.6. The van der Waals surface area contributed by atoms with Crippen molar-refractivity contribution in [2.24, 2.45) is 0 Å². The molecule has 0 spiro atoms. The first-order valence-corrected chi connectivity index (χ1v) is 6.52. The maximum absolute atomic E-state index is 11.0. The number of allylic oxidation sites excluding steroid dienone is 6. The third kappa shape index (κ3) is 4.72. The monoisotopic (exact) mass is 285 g/mol. The molecular formula is C17H16ClNO. The molecule has 0 N–H and O–H groups in total. The highest BCUT2D eigenvalue weighted by Crippen LogP contribution is 2.26. The lowest BCUT2D eigenvalue weighted by Gasteiger charge is -2.09. The molecule has 0 aliphatic rings. The summed E-state index contributed by atoms with van der Waals surface area (Å²) in [5.41, 5.74) is 2.14. The lowest BCUT2D eigenvalue weighted by atomic mass is 9.93. The molecule has 0 aliphatic heterocycles. The van der Waals surface area contributed by atoms with Crippen molar-refractivity contribution < 1.29 is 4.79 Å². The van der Waals surface area contributed by atoms with Gasteiger partial charge in [-0.25, -0.2) is 0 Å². The second kappa shape index (κ2) is 10.5. The maximum atomic E-state index is 11.0. The van der Waals surface area contributed by atoms with E-state index in [1.54, 1.807) is 18.2 Å². The summed E-state index contributed by atoms with van der Waals surface area (Å²) >= 11 is 4.64. The van der Waals surface area contributed by atoms with Crippen LogP contribution in [0, 0.1) is 11.3 Å². The number of halogens is 1. The van der Waals surface area contributed by atoms with Gasteiger partial charge in [-0.1, -0.05) is 61.7 Å². The Morgan fingerprint density at radius 2 is 1.85 bits per heavy atom. The molecule has 0 heterocycles. The van der Waals surface area contributed by atoms with Gasteiger partial charge < -0.3 is 0 Å². The summed E-state index contributed by atoms with van der Waals surface area (Å²) in [5.74, 6) is 0. The molecule has 0 radical (unpaired) electrons. The van der Waals surface area contributed by atoms with Crippen LogP contribution >= 0.6 is 11.6 Å². The molecule has 0 unspecified atom stereocenters. The largest absolute Gasteiger partial charge is 0.297 e. The highest BCUT2D eigenvalue weighted by Gasteiger charge is 2.11. The van der Waals surface area contributed by atoms with Crippen LogP contribution in [0.3, 0.4) is 0 Å². The molecule has 0 saturated carbocycles. The molecule has 1 rings (SSSR count). The second-order valence-electron chi connectivity index (χ2n) is 3.45. The van der Waals surface area contributed by atoms with Crippen LogP contribution < -0.4 is 0 Å². The van der Waals surface area contributed by atoms with Gasteiger partial charge in [0.05, 0.1) is 0 Å². The van der Waals surface area contributed by atoms with Crippen molar-refractivity contribution in [3.8, 4) is 6.07 Å². The molecule has 0 aromatic heterocycles. The average Bonchev–Trinajstić information content (AvgIpc) is 2.53. The van der Waals surface area contributed by atoms with Gasteiger partial charge in [0.25, 0.3) is 0 Å². The molecule has 0 amide bonds. The third-order valence-electron chi connectivity index (χ3n) is 2.38. The standard InChI is InChI=1S/C16H13NO.CH3Cl/c1-3-8-13(4-2)16(15(11-17)12-18)14-9-6-5-7-10-14;1-2/h3-10,12H,1-2H2;1H3/b13-8+,16-15+;. The average molecular weight is 286 g/mol. The summed E-state index contributed by atoms with van der Waals surface area (Å²) in [6.07, 6.45) is 6.95. The Morgan fingerprint density at radius 1 is 1.25 bits per heavy atom. The van der Waals surface area contributed by atoms with Crippen LogP contribution in [-0.2, 0) is 4.79 Å². The van der Waals surface area contributed by atoms with Crippen LogP contribution in [-0.4, -0.2) is 12.7 Å². The summed E-state index contributed by atoms with van der Waals surface area (Å²) in [6.45, 7) is 7.32. The molecule has 1 aromatic carbocycles. The lowest BCUT2D eigenvalue weighted by Crippen LogP contribution is -1.94. The molecule has 0 saturated heterocycles. The van der Waals surface area contributed by atoms with E-state index in [0.717, 1.165) is 5.56 Å². The number of hydrogen-bond acceptors (Lipinski definition) is 2. The molecule has 3 heteroatoms. The Morgan fingerprint density at radius 3 is 2.25 bits per heavy atom. The van der Waals surface area contributed by atoms with E-state index in [-0.39, 0.29) is 5.57 Å². The van der Waals surface area contributed by atoms with Crippen LogP contribution in [0.1, 0.15) is 5.56 Å². The lowest BCUT2D eigenvalue weighted by molar-refractivity contribution is -0.104. The van der Waals surface area contributed by atoms with E-state index in [1.165, 1.54) is 6.38 Å². The minimum Gasteiger partial charge on any atom is -0.297 e. The first-order chi connectivity index (χ1) is 9.78. The van der Waals surface area contributed by atoms with Crippen LogP contribution in [0.5, 0.6) is 0 Å². The van der Waals surface area contributed by atoms with Crippen LogP contribution in [0.25, 0.3) is 5.57 Å². The Kier molecular flexibility index (Phi) is 9.29. The van der Waals surface area contributed by atoms with Crippen molar-refractivity contribution in [1.82, 2.24) is 0 Å². The topological polar surface area (TPSA) is 40.9 Å². The Bertz CT molecular complexity index is 562. The summed E-state index contributed by atoms with van der Waals surface area (Å²) in [6, 6.07) is 11.2. The summed E-state index contributed by atoms with van der Waals surface area (Å²) in [7, 11) is 0. The van der Waals surface area contributed by atoms with Crippen LogP contribution in [0.2, 0.25) is 0 Å². The maximum Gasteiger partial charge on any atom is 0.161 e. The van der Waals surface area contributed by atoms with Crippen LogP contribution in [0.15, 0.2) is 72.9 Å². The second-order valence-corrected chi connectivity index (χ2v) is 3.45. The highest BCUT2D eigenvalue weighted by atomic mass is 35.5. The predicted octanol–water partition coefficient (Wildman–Crippen LogP) is 4.32. The van der Waals surface area contributed by atoms with Gasteiger partial charge >= 0.3 is 0 Å². The first-order valence-electron chi connectivity index (χ1n) is 5.76. The van der Waals surface area contributed by atoms with Gasteiger partial charge in [-0.3, -0.25) is 4.79 Å². The number of hydrogen-bond donors (Lipinski definition) is 0. The molecule has 2 nitrogen and oxygen atoms in total. The molecule has 0 bridgehead atoms. The SMILES string of the molecule is C=C/C=C(C=C)/C(=C(/C#N)C=O)c1ccccc1.CCl. The molecule has 0 atom stereocenters. The predicted molar refractivity (Wildman–Crippen MR) is 85.3 cm³/mol.